The van der Waals surface area contributed by atoms with Gasteiger partial charge >= 0.3 is 0 Å². The van der Waals surface area contributed by atoms with Crippen molar-refractivity contribution in [1.29, 1.82) is 0 Å². The number of carbonyl (C=O) groups is 1. The van der Waals surface area contributed by atoms with Crippen LogP contribution in [0.3, 0.4) is 0 Å². The topological polar surface area (TPSA) is 75.3 Å². The molecule has 0 spiro atoms. The van der Waals surface area contributed by atoms with Gasteiger partial charge in [0.25, 0.3) is 0 Å². The van der Waals surface area contributed by atoms with Crippen LogP contribution in [0.2, 0.25) is 0 Å². The second-order valence-corrected chi connectivity index (χ2v) is 6.83. The molecule has 0 bridgehead atoms. The van der Waals surface area contributed by atoms with Crippen LogP contribution in [0.5, 0.6) is 0 Å². The third kappa shape index (κ3) is 4.94. The molecule has 0 aromatic rings. The molecule has 0 atom stereocenters. The molecule has 2 N–H and O–H groups in total. The van der Waals surface area contributed by atoms with Crippen LogP contribution in [0.4, 0.5) is 0 Å². The number of hydrogen-bond acceptors (Lipinski definition) is 4. The normalized spacial score (nSPS) is 20.9. The van der Waals surface area contributed by atoms with Crippen molar-refractivity contribution in [1.82, 2.24) is 10.6 Å². The summed E-state index contributed by atoms with van der Waals surface area (Å²) in [6.07, 6.45) is 1.07. The lowest BCUT2D eigenvalue weighted by Gasteiger charge is -2.23. The average molecular weight is 248 g/mol. The molecule has 1 saturated heterocycles. The van der Waals surface area contributed by atoms with Crippen LogP contribution in [-0.2, 0) is 14.6 Å². The van der Waals surface area contributed by atoms with Crippen LogP contribution >= 0.6 is 0 Å². The summed E-state index contributed by atoms with van der Waals surface area (Å²) in [7, 11) is -2.84. The second kappa shape index (κ2) is 5.63. The summed E-state index contributed by atoms with van der Waals surface area (Å²) in [5.41, 5.74) is 0. The van der Waals surface area contributed by atoms with Gasteiger partial charge in [0.05, 0.1) is 18.1 Å². The van der Waals surface area contributed by atoms with Crippen molar-refractivity contribution in [2.75, 3.05) is 18.1 Å². The molecular weight excluding hydrogens is 228 g/mol. The molecule has 5 nitrogen and oxygen atoms in total. The van der Waals surface area contributed by atoms with E-state index in [0.717, 1.165) is 0 Å². The molecule has 0 radical (unpaired) electrons. The SMILES string of the molecule is CC(C)NCC(=O)NC1CCS(=O)(=O)CC1. The summed E-state index contributed by atoms with van der Waals surface area (Å²) in [6.45, 7) is 4.24. The molecule has 1 amide bonds. The Kier molecular flexibility index (Phi) is 4.73. The van der Waals surface area contributed by atoms with Gasteiger partial charge in [0, 0.05) is 12.1 Å². The van der Waals surface area contributed by atoms with Crippen LogP contribution in [0.1, 0.15) is 26.7 Å². The van der Waals surface area contributed by atoms with Crippen molar-refractivity contribution in [2.24, 2.45) is 0 Å². The van der Waals surface area contributed by atoms with Crippen LogP contribution in [0.25, 0.3) is 0 Å². The van der Waals surface area contributed by atoms with Crippen molar-refractivity contribution in [3.8, 4) is 0 Å². The van der Waals surface area contributed by atoms with Crippen LogP contribution in [0, 0.1) is 0 Å². The van der Waals surface area contributed by atoms with Gasteiger partial charge in [-0.15, -0.1) is 0 Å². The van der Waals surface area contributed by atoms with Crippen molar-refractivity contribution in [2.45, 2.75) is 38.8 Å². The van der Waals surface area contributed by atoms with Gasteiger partial charge in [-0.25, -0.2) is 8.42 Å². The summed E-state index contributed by atoms with van der Waals surface area (Å²) in [6, 6.07) is 0.294. The Hall–Kier alpha value is -0.620. The minimum absolute atomic E-state index is 0.0185. The lowest BCUT2D eigenvalue weighted by atomic mass is 10.1. The van der Waals surface area contributed by atoms with E-state index in [1.54, 1.807) is 0 Å². The highest BCUT2D eigenvalue weighted by atomic mass is 32.2. The zero-order valence-corrected chi connectivity index (χ0v) is 10.6. The van der Waals surface area contributed by atoms with Crippen molar-refractivity contribution < 1.29 is 13.2 Å². The molecule has 0 saturated carbocycles. The number of amides is 1. The minimum Gasteiger partial charge on any atom is -0.352 e. The fourth-order valence-electron chi connectivity index (χ4n) is 1.61. The maximum atomic E-state index is 11.5. The lowest BCUT2D eigenvalue weighted by molar-refractivity contribution is -0.121. The third-order valence-electron chi connectivity index (χ3n) is 2.59. The third-order valence-corrected chi connectivity index (χ3v) is 4.31. The zero-order chi connectivity index (χ0) is 12.2. The van der Waals surface area contributed by atoms with Crippen LogP contribution in [0.15, 0.2) is 0 Å². The number of hydrogen-bond donors (Lipinski definition) is 2. The van der Waals surface area contributed by atoms with E-state index < -0.39 is 9.84 Å². The summed E-state index contributed by atoms with van der Waals surface area (Å²) in [5, 5.41) is 5.87. The molecule has 6 heteroatoms. The molecule has 0 unspecified atom stereocenters. The summed E-state index contributed by atoms with van der Waals surface area (Å²) >= 11 is 0. The molecule has 1 aliphatic heterocycles. The lowest BCUT2D eigenvalue weighted by Crippen LogP contribution is -2.45. The first-order chi connectivity index (χ1) is 7.39. The van der Waals surface area contributed by atoms with Gasteiger partial charge in [-0.1, -0.05) is 13.8 Å². The fraction of sp³-hybridized carbons (Fsp3) is 0.900. The number of rotatable bonds is 4. The molecule has 1 rings (SSSR count). The number of nitrogens with one attached hydrogen (secondary N) is 2. The van der Waals surface area contributed by atoms with E-state index in [1.165, 1.54) is 0 Å². The first kappa shape index (κ1) is 13.4. The van der Waals surface area contributed by atoms with E-state index in [4.69, 9.17) is 0 Å². The van der Waals surface area contributed by atoms with E-state index in [0.29, 0.717) is 19.4 Å². The zero-order valence-electron chi connectivity index (χ0n) is 9.82. The predicted octanol–water partition coefficient (Wildman–Crippen LogP) is -0.322. The van der Waals surface area contributed by atoms with Crippen molar-refractivity contribution in [3.63, 3.8) is 0 Å². The quantitative estimate of drug-likeness (QED) is 0.715. The van der Waals surface area contributed by atoms with Crippen molar-refractivity contribution >= 4 is 15.7 Å². The Balaban J connectivity index is 2.26. The standard InChI is InChI=1S/C10H20N2O3S/c1-8(2)11-7-10(13)12-9-3-5-16(14,15)6-4-9/h8-9,11H,3-7H2,1-2H3,(H,12,13). The van der Waals surface area contributed by atoms with Gasteiger partial charge in [0.2, 0.25) is 5.91 Å². The highest BCUT2D eigenvalue weighted by Crippen LogP contribution is 2.11. The van der Waals surface area contributed by atoms with Gasteiger partial charge in [0.1, 0.15) is 9.84 Å². The van der Waals surface area contributed by atoms with Crippen LogP contribution in [-0.4, -0.2) is 44.5 Å². The molecule has 16 heavy (non-hydrogen) atoms. The van der Waals surface area contributed by atoms with Gasteiger partial charge in [0.15, 0.2) is 0 Å². The molecule has 0 aliphatic carbocycles. The molecule has 0 aromatic carbocycles. The predicted molar refractivity (Wildman–Crippen MR) is 63.0 cm³/mol. The fourth-order valence-corrected chi connectivity index (χ4v) is 3.10. The summed E-state index contributed by atoms with van der Waals surface area (Å²) in [5.74, 6) is 0.323. The Morgan fingerprint density at radius 2 is 1.88 bits per heavy atom. The number of sulfone groups is 1. The Labute approximate surface area is 96.9 Å². The monoisotopic (exact) mass is 248 g/mol. The molecule has 1 fully saturated rings. The highest BCUT2D eigenvalue weighted by molar-refractivity contribution is 7.91. The molecule has 94 valence electrons. The van der Waals surface area contributed by atoms with E-state index in [-0.39, 0.29) is 29.5 Å². The first-order valence-electron chi connectivity index (χ1n) is 5.62. The Morgan fingerprint density at radius 3 is 2.38 bits per heavy atom. The summed E-state index contributed by atoms with van der Waals surface area (Å²) in [4.78, 5) is 11.5. The molecule has 0 aromatic heterocycles. The largest absolute Gasteiger partial charge is 0.352 e. The Bertz CT molecular complexity index is 324. The second-order valence-electron chi connectivity index (χ2n) is 4.53. The average Bonchev–Trinajstić information content (AvgIpc) is 2.18. The first-order valence-corrected chi connectivity index (χ1v) is 7.44. The smallest absolute Gasteiger partial charge is 0.234 e. The van der Waals surface area contributed by atoms with E-state index in [2.05, 4.69) is 10.6 Å². The van der Waals surface area contributed by atoms with Gasteiger partial charge in [-0.2, -0.15) is 0 Å². The molecule has 1 aliphatic rings. The van der Waals surface area contributed by atoms with E-state index in [9.17, 15) is 13.2 Å². The molecule has 1 heterocycles. The molecular formula is C10H20N2O3S. The van der Waals surface area contributed by atoms with Crippen LogP contribution < -0.4 is 10.6 Å². The van der Waals surface area contributed by atoms with Gasteiger partial charge < -0.3 is 10.6 Å². The van der Waals surface area contributed by atoms with Gasteiger partial charge in [-0.3, -0.25) is 4.79 Å². The summed E-state index contributed by atoms with van der Waals surface area (Å²) < 4.78 is 22.3. The maximum Gasteiger partial charge on any atom is 0.234 e. The van der Waals surface area contributed by atoms with E-state index in [1.807, 2.05) is 13.8 Å². The van der Waals surface area contributed by atoms with Gasteiger partial charge in [-0.05, 0) is 12.8 Å². The highest BCUT2D eigenvalue weighted by Gasteiger charge is 2.24. The van der Waals surface area contributed by atoms with Crippen molar-refractivity contribution in [3.05, 3.63) is 0 Å². The minimum atomic E-state index is -2.84. The maximum absolute atomic E-state index is 11.5. The van der Waals surface area contributed by atoms with E-state index >= 15 is 0 Å². The number of carbonyl (C=O) groups excluding carboxylic acids is 1. The Morgan fingerprint density at radius 1 is 1.31 bits per heavy atom.